The number of amides is 1. The monoisotopic (exact) mass is 285 g/mol. The maximum absolute atomic E-state index is 12.1. The molecule has 0 N–H and O–H groups in total. The molecule has 21 heavy (non-hydrogen) atoms. The zero-order valence-corrected chi connectivity index (χ0v) is 11.7. The Bertz CT molecular complexity index is 642. The maximum Gasteiger partial charge on any atom is 0.276 e. The van der Waals surface area contributed by atoms with Gasteiger partial charge in [0.25, 0.3) is 5.69 Å². The van der Waals surface area contributed by atoms with E-state index in [1.165, 1.54) is 23.1 Å². The van der Waals surface area contributed by atoms with Crippen LogP contribution in [0.25, 0.3) is 6.08 Å². The van der Waals surface area contributed by atoms with Crippen molar-refractivity contribution in [3.8, 4) is 6.07 Å². The lowest BCUT2D eigenvalue weighted by molar-refractivity contribution is -0.385. The fraction of sp³-hybridized carbons (Fsp3) is 0.333. The molecule has 6 heteroatoms. The van der Waals surface area contributed by atoms with Crippen LogP contribution in [0.2, 0.25) is 0 Å². The van der Waals surface area contributed by atoms with Gasteiger partial charge in [-0.1, -0.05) is 12.1 Å². The average molecular weight is 285 g/mol. The van der Waals surface area contributed by atoms with Gasteiger partial charge in [-0.3, -0.25) is 14.9 Å². The first-order chi connectivity index (χ1) is 10.00. The molecule has 0 unspecified atom stereocenters. The van der Waals surface area contributed by atoms with E-state index in [1.807, 2.05) is 0 Å². The molecule has 1 fully saturated rings. The lowest BCUT2D eigenvalue weighted by atomic mass is 9.76. The molecule has 108 valence electrons. The van der Waals surface area contributed by atoms with Gasteiger partial charge >= 0.3 is 0 Å². The summed E-state index contributed by atoms with van der Waals surface area (Å²) < 4.78 is 0. The minimum absolute atomic E-state index is 0.0529. The highest BCUT2D eigenvalue weighted by Crippen LogP contribution is 2.36. The summed E-state index contributed by atoms with van der Waals surface area (Å²) in [6, 6.07) is 8.39. The first kappa shape index (κ1) is 14.7. The van der Waals surface area contributed by atoms with Crippen molar-refractivity contribution < 1.29 is 9.72 Å². The van der Waals surface area contributed by atoms with E-state index in [4.69, 9.17) is 0 Å². The highest BCUT2D eigenvalue weighted by molar-refractivity contribution is 5.93. The van der Waals surface area contributed by atoms with Crippen LogP contribution in [0, 0.1) is 21.4 Å². The van der Waals surface area contributed by atoms with E-state index >= 15 is 0 Å². The number of likely N-dealkylation sites (N-methyl/N-ethyl adjacent to an activating group) is 1. The zero-order valence-electron chi connectivity index (χ0n) is 11.7. The largest absolute Gasteiger partial charge is 0.323 e. The number of rotatable bonds is 4. The number of hydrogen-bond donors (Lipinski definition) is 0. The zero-order chi connectivity index (χ0) is 15.5. The third-order valence-corrected chi connectivity index (χ3v) is 3.90. The van der Waals surface area contributed by atoms with Crippen LogP contribution < -0.4 is 0 Å². The number of carbonyl (C=O) groups excluding carboxylic acids is 1. The van der Waals surface area contributed by atoms with Crippen molar-refractivity contribution in [2.75, 3.05) is 7.05 Å². The van der Waals surface area contributed by atoms with Crippen molar-refractivity contribution in [3.63, 3.8) is 0 Å². The lowest BCUT2D eigenvalue weighted by Crippen LogP contribution is -2.52. The third kappa shape index (κ3) is 2.77. The molecule has 1 aromatic rings. The van der Waals surface area contributed by atoms with Gasteiger partial charge in [-0.05, 0) is 31.4 Å². The Kier molecular flexibility index (Phi) is 4.03. The minimum Gasteiger partial charge on any atom is -0.323 e. The van der Waals surface area contributed by atoms with Gasteiger partial charge in [0, 0.05) is 19.2 Å². The van der Waals surface area contributed by atoms with E-state index < -0.39 is 10.5 Å². The SMILES string of the molecule is CN(C(=O)/C=C/c1ccccc1[N+](=O)[O-])C1(C#N)CCC1. The number of hydrogen-bond acceptors (Lipinski definition) is 4. The Labute approximate surface area is 122 Å². The van der Waals surface area contributed by atoms with Crippen LogP contribution >= 0.6 is 0 Å². The van der Waals surface area contributed by atoms with E-state index in [2.05, 4.69) is 6.07 Å². The second kappa shape index (κ2) is 5.75. The van der Waals surface area contributed by atoms with Crippen LogP contribution in [-0.2, 0) is 4.79 Å². The highest BCUT2D eigenvalue weighted by atomic mass is 16.6. The van der Waals surface area contributed by atoms with Crippen molar-refractivity contribution in [2.24, 2.45) is 0 Å². The Morgan fingerprint density at radius 1 is 1.48 bits per heavy atom. The van der Waals surface area contributed by atoms with Crippen molar-refractivity contribution >= 4 is 17.7 Å². The van der Waals surface area contributed by atoms with Crippen LogP contribution in [0.4, 0.5) is 5.69 Å². The quantitative estimate of drug-likeness (QED) is 0.483. The molecule has 1 aliphatic carbocycles. The summed E-state index contributed by atoms with van der Waals surface area (Å²) in [5, 5.41) is 20.1. The molecule has 1 aliphatic rings. The molecule has 0 bridgehead atoms. The van der Waals surface area contributed by atoms with Crippen LogP contribution in [-0.4, -0.2) is 28.3 Å². The van der Waals surface area contributed by atoms with Gasteiger partial charge in [0.1, 0.15) is 5.54 Å². The Hall–Kier alpha value is -2.68. The Balaban J connectivity index is 2.17. The molecule has 1 amide bonds. The normalized spacial score (nSPS) is 16.0. The standard InChI is InChI=1S/C15H15N3O3/c1-17(15(11-16)9-4-10-15)14(19)8-7-12-5-2-3-6-13(12)18(20)21/h2-3,5-8H,4,9-10H2,1H3/b8-7+. The molecule has 0 aromatic heterocycles. The first-order valence-corrected chi connectivity index (χ1v) is 6.61. The molecular formula is C15H15N3O3. The van der Waals surface area contributed by atoms with Crippen molar-refractivity contribution in [3.05, 3.63) is 46.0 Å². The van der Waals surface area contributed by atoms with E-state index in [-0.39, 0.29) is 11.6 Å². The van der Waals surface area contributed by atoms with Crippen LogP contribution in [0.3, 0.4) is 0 Å². The van der Waals surface area contributed by atoms with Gasteiger partial charge < -0.3 is 4.90 Å². The van der Waals surface area contributed by atoms with Gasteiger partial charge in [0.15, 0.2) is 0 Å². The van der Waals surface area contributed by atoms with Gasteiger partial charge in [0.2, 0.25) is 5.91 Å². The summed E-state index contributed by atoms with van der Waals surface area (Å²) in [7, 11) is 1.59. The average Bonchev–Trinajstić information content (AvgIpc) is 2.44. The van der Waals surface area contributed by atoms with E-state index in [1.54, 1.807) is 25.2 Å². The van der Waals surface area contributed by atoms with E-state index in [0.717, 1.165) is 6.42 Å². The molecule has 0 aliphatic heterocycles. The van der Waals surface area contributed by atoms with Crippen LogP contribution in [0.1, 0.15) is 24.8 Å². The van der Waals surface area contributed by atoms with Gasteiger partial charge in [-0.15, -0.1) is 0 Å². The Morgan fingerprint density at radius 3 is 2.67 bits per heavy atom. The first-order valence-electron chi connectivity index (χ1n) is 6.61. The van der Waals surface area contributed by atoms with Crippen molar-refractivity contribution in [1.29, 1.82) is 5.26 Å². The summed E-state index contributed by atoms with van der Waals surface area (Å²) >= 11 is 0. The molecule has 0 atom stereocenters. The highest BCUT2D eigenvalue weighted by Gasteiger charge is 2.42. The lowest BCUT2D eigenvalue weighted by Gasteiger charge is -2.42. The number of nitro groups is 1. The second-order valence-corrected chi connectivity index (χ2v) is 5.04. The van der Waals surface area contributed by atoms with Gasteiger partial charge in [-0.2, -0.15) is 5.26 Å². The number of benzene rings is 1. The number of para-hydroxylation sites is 1. The summed E-state index contributed by atoms with van der Waals surface area (Å²) in [6.45, 7) is 0. The molecule has 2 rings (SSSR count). The molecule has 6 nitrogen and oxygen atoms in total. The summed E-state index contributed by atoms with van der Waals surface area (Å²) in [5.74, 6) is -0.325. The number of nitro benzene ring substituents is 1. The molecular weight excluding hydrogens is 270 g/mol. The number of carbonyl (C=O) groups is 1. The third-order valence-electron chi connectivity index (χ3n) is 3.90. The van der Waals surface area contributed by atoms with E-state index in [0.29, 0.717) is 18.4 Å². The molecule has 1 saturated carbocycles. The minimum atomic E-state index is -0.718. The molecule has 0 spiro atoms. The predicted octanol–water partition coefficient (Wildman–Crippen LogP) is 2.51. The summed E-state index contributed by atoms with van der Waals surface area (Å²) in [5.41, 5.74) is -0.406. The van der Waals surface area contributed by atoms with Gasteiger partial charge in [0.05, 0.1) is 16.6 Å². The second-order valence-electron chi connectivity index (χ2n) is 5.04. The Morgan fingerprint density at radius 2 is 2.14 bits per heavy atom. The van der Waals surface area contributed by atoms with Crippen LogP contribution in [0.5, 0.6) is 0 Å². The van der Waals surface area contributed by atoms with Crippen molar-refractivity contribution in [1.82, 2.24) is 4.90 Å². The molecule has 0 heterocycles. The molecule has 0 radical (unpaired) electrons. The fourth-order valence-electron chi connectivity index (χ4n) is 2.31. The topological polar surface area (TPSA) is 87.2 Å². The fourth-order valence-corrected chi connectivity index (χ4v) is 2.31. The summed E-state index contributed by atoms with van der Waals surface area (Å²) in [6.07, 6.45) is 4.97. The predicted molar refractivity (Wildman–Crippen MR) is 77.1 cm³/mol. The molecule has 1 aromatic carbocycles. The van der Waals surface area contributed by atoms with E-state index in [9.17, 15) is 20.2 Å². The van der Waals surface area contributed by atoms with Gasteiger partial charge in [-0.25, -0.2) is 0 Å². The number of nitriles is 1. The van der Waals surface area contributed by atoms with Crippen LogP contribution in [0.15, 0.2) is 30.3 Å². The summed E-state index contributed by atoms with van der Waals surface area (Å²) in [4.78, 5) is 23.9. The number of nitrogens with zero attached hydrogens (tertiary/aromatic N) is 3. The van der Waals surface area contributed by atoms with Crippen molar-refractivity contribution in [2.45, 2.75) is 24.8 Å². The maximum atomic E-state index is 12.1. The molecule has 0 saturated heterocycles. The smallest absolute Gasteiger partial charge is 0.276 e.